The normalized spacial score (nSPS) is 11.0. The topological polar surface area (TPSA) is 21.3 Å². The first-order valence-electron chi connectivity index (χ1n) is 6.60. The highest BCUT2D eigenvalue weighted by Gasteiger charge is 2.08. The maximum Gasteiger partial charge on any atom is 0.142 e. The summed E-state index contributed by atoms with van der Waals surface area (Å²) in [7, 11) is 0. The third kappa shape index (κ3) is 4.70. The van der Waals surface area contributed by atoms with Crippen LogP contribution in [0.1, 0.15) is 19.4 Å². The number of nitrogens with one attached hydrogen (secondary N) is 1. The van der Waals surface area contributed by atoms with Gasteiger partial charge in [0.15, 0.2) is 0 Å². The lowest BCUT2D eigenvalue weighted by Crippen LogP contribution is -2.22. The molecule has 0 aliphatic heterocycles. The summed E-state index contributed by atoms with van der Waals surface area (Å²) in [5.74, 6) is 0.755. The number of hydrogen-bond donors (Lipinski definition) is 1. The number of hydrogen-bond acceptors (Lipinski definition) is 2. The Morgan fingerprint density at radius 3 is 2.67 bits per heavy atom. The second kappa shape index (κ2) is 7.25. The highest BCUT2D eigenvalue weighted by atomic mass is 79.9. The van der Waals surface area contributed by atoms with Gasteiger partial charge in [0.25, 0.3) is 0 Å². The lowest BCUT2D eigenvalue weighted by molar-refractivity contribution is 0.467. The number of benzene rings is 2. The van der Waals surface area contributed by atoms with Crippen molar-refractivity contribution in [3.05, 3.63) is 57.3 Å². The highest BCUT2D eigenvalue weighted by Crippen LogP contribution is 2.30. The smallest absolute Gasteiger partial charge is 0.142 e. The van der Waals surface area contributed by atoms with E-state index >= 15 is 0 Å². The minimum Gasteiger partial charge on any atom is -0.457 e. The van der Waals surface area contributed by atoms with Crippen LogP contribution >= 0.6 is 27.5 Å². The Morgan fingerprint density at radius 2 is 2.00 bits per heavy atom. The third-order valence-corrected chi connectivity index (χ3v) is 3.63. The molecule has 0 aromatic heterocycles. The largest absolute Gasteiger partial charge is 0.457 e. The molecule has 0 radical (unpaired) electrons. The quantitative estimate of drug-likeness (QED) is 0.745. The fourth-order valence-electron chi connectivity index (χ4n) is 1.75. The molecule has 112 valence electrons. The molecule has 0 aliphatic carbocycles. The molecule has 5 heteroatoms. The monoisotopic (exact) mass is 371 g/mol. The number of rotatable bonds is 5. The van der Waals surface area contributed by atoms with Crippen molar-refractivity contribution in [2.45, 2.75) is 26.4 Å². The van der Waals surface area contributed by atoms with Crippen molar-refractivity contribution in [1.29, 1.82) is 0 Å². The first-order chi connectivity index (χ1) is 9.95. The summed E-state index contributed by atoms with van der Waals surface area (Å²) in [5, 5.41) is 3.39. The summed E-state index contributed by atoms with van der Waals surface area (Å²) < 4.78 is 19.9. The van der Waals surface area contributed by atoms with E-state index in [4.69, 9.17) is 16.3 Å². The van der Waals surface area contributed by atoms with Crippen LogP contribution in [0, 0.1) is 5.82 Å². The lowest BCUT2D eigenvalue weighted by Gasteiger charge is -2.14. The Hall–Kier alpha value is -1.10. The van der Waals surface area contributed by atoms with Crippen LogP contribution in [-0.4, -0.2) is 6.04 Å². The van der Waals surface area contributed by atoms with Crippen molar-refractivity contribution in [2.24, 2.45) is 0 Å². The molecule has 0 saturated heterocycles. The molecule has 2 rings (SSSR count). The lowest BCUT2D eigenvalue weighted by atomic mass is 10.2. The molecule has 1 N–H and O–H groups in total. The van der Waals surface area contributed by atoms with Gasteiger partial charge in [0.2, 0.25) is 0 Å². The van der Waals surface area contributed by atoms with Gasteiger partial charge in [-0.1, -0.05) is 47.4 Å². The summed E-state index contributed by atoms with van der Waals surface area (Å²) in [5.41, 5.74) is 1.02. The molecule has 0 fully saturated rings. The maximum absolute atomic E-state index is 13.2. The average molecular weight is 373 g/mol. The fourth-order valence-corrected chi connectivity index (χ4v) is 2.26. The van der Waals surface area contributed by atoms with E-state index in [1.54, 1.807) is 6.07 Å². The molecule has 2 aromatic rings. The fraction of sp³-hybridized carbons (Fsp3) is 0.250. The molecular formula is C16H16BrClFNO. The van der Waals surface area contributed by atoms with Crippen molar-refractivity contribution in [3.8, 4) is 11.5 Å². The SMILES string of the molecule is CC(C)NCc1ccc(Br)cc1Oc1ccc(F)c(Cl)c1. The molecule has 0 spiro atoms. The van der Waals surface area contributed by atoms with Crippen LogP contribution < -0.4 is 10.1 Å². The second-order valence-corrected chi connectivity index (χ2v) is 6.29. The molecule has 2 nitrogen and oxygen atoms in total. The van der Waals surface area contributed by atoms with Crippen LogP contribution in [0.15, 0.2) is 40.9 Å². The van der Waals surface area contributed by atoms with Gasteiger partial charge in [-0.15, -0.1) is 0 Å². The average Bonchev–Trinajstić information content (AvgIpc) is 2.42. The van der Waals surface area contributed by atoms with E-state index in [9.17, 15) is 4.39 Å². The van der Waals surface area contributed by atoms with Gasteiger partial charge in [-0.05, 0) is 24.3 Å². The van der Waals surface area contributed by atoms with Crippen molar-refractivity contribution < 1.29 is 9.13 Å². The molecule has 0 amide bonds. The molecule has 21 heavy (non-hydrogen) atoms. The van der Waals surface area contributed by atoms with Crippen LogP contribution in [0.5, 0.6) is 11.5 Å². The number of halogens is 3. The van der Waals surface area contributed by atoms with Crippen molar-refractivity contribution in [3.63, 3.8) is 0 Å². The predicted octanol–water partition coefficient (Wildman–Crippen LogP) is 5.53. The van der Waals surface area contributed by atoms with Crippen LogP contribution in [0.25, 0.3) is 0 Å². The van der Waals surface area contributed by atoms with Crippen LogP contribution in [0.3, 0.4) is 0 Å². The molecule has 0 heterocycles. The van der Waals surface area contributed by atoms with E-state index in [1.165, 1.54) is 12.1 Å². The predicted molar refractivity (Wildman–Crippen MR) is 87.6 cm³/mol. The summed E-state index contributed by atoms with van der Waals surface area (Å²) in [4.78, 5) is 0. The molecule has 2 aromatic carbocycles. The van der Waals surface area contributed by atoms with E-state index in [0.29, 0.717) is 24.1 Å². The standard InChI is InChI=1S/C16H16BrClFNO/c1-10(2)20-9-11-3-4-12(17)7-16(11)21-13-5-6-15(19)14(18)8-13/h3-8,10,20H,9H2,1-2H3. The Bertz CT molecular complexity index is 634. The van der Waals surface area contributed by atoms with Crippen LogP contribution in [-0.2, 0) is 6.54 Å². The molecule has 0 aliphatic rings. The van der Waals surface area contributed by atoms with E-state index in [2.05, 4.69) is 35.1 Å². The van der Waals surface area contributed by atoms with Gasteiger partial charge < -0.3 is 10.1 Å². The highest BCUT2D eigenvalue weighted by molar-refractivity contribution is 9.10. The zero-order valence-electron chi connectivity index (χ0n) is 11.8. The Morgan fingerprint density at radius 1 is 1.24 bits per heavy atom. The van der Waals surface area contributed by atoms with Crippen molar-refractivity contribution in [2.75, 3.05) is 0 Å². The van der Waals surface area contributed by atoms with Gasteiger partial charge in [-0.2, -0.15) is 0 Å². The van der Waals surface area contributed by atoms with E-state index in [-0.39, 0.29) is 5.02 Å². The van der Waals surface area contributed by atoms with Crippen molar-refractivity contribution in [1.82, 2.24) is 5.32 Å². The van der Waals surface area contributed by atoms with Gasteiger partial charge in [0.1, 0.15) is 17.3 Å². The number of ether oxygens (including phenoxy) is 1. The van der Waals surface area contributed by atoms with Crippen molar-refractivity contribution >= 4 is 27.5 Å². The Kier molecular flexibility index (Phi) is 5.62. The van der Waals surface area contributed by atoms with Gasteiger partial charge in [0.05, 0.1) is 5.02 Å². The zero-order chi connectivity index (χ0) is 15.4. The van der Waals surface area contributed by atoms with E-state index in [1.807, 2.05) is 18.2 Å². The first kappa shape index (κ1) is 16.3. The minimum atomic E-state index is -0.458. The van der Waals surface area contributed by atoms with Gasteiger partial charge in [-0.3, -0.25) is 0 Å². The van der Waals surface area contributed by atoms with Crippen LogP contribution in [0.4, 0.5) is 4.39 Å². The van der Waals surface area contributed by atoms with E-state index < -0.39 is 5.82 Å². The minimum absolute atomic E-state index is 0.0457. The third-order valence-electron chi connectivity index (χ3n) is 2.85. The van der Waals surface area contributed by atoms with Gasteiger partial charge in [0, 0.05) is 28.7 Å². The summed E-state index contributed by atoms with van der Waals surface area (Å²) in [6, 6.07) is 10.5. The van der Waals surface area contributed by atoms with Gasteiger partial charge in [-0.25, -0.2) is 4.39 Å². The molecular weight excluding hydrogens is 357 g/mol. The Labute approximate surface area is 137 Å². The Balaban J connectivity index is 2.24. The van der Waals surface area contributed by atoms with E-state index in [0.717, 1.165) is 10.0 Å². The summed E-state index contributed by atoms with van der Waals surface area (Å²) in [6.45, 7) is 4.85. The molecule has 0 bridgehead atoms. The summed E-state index contributed by atoms with van der Waals surface area (Å²) >= 11 is 9.21. The van der Waals surface area contributed by atoms with Gasteiger partial charge >= 0.3 is 0 Å². The first-order valence-corrected chi connectivity index (χ1v) is 7.77. The maximum atomic E-state index is 13.2. The second-order valence-electron chi connectivity index (χ2n) is 4.97. The molecule has 0 saturated carbocycles. The zero-order valence-corrected chi connectivity index (χ0v) is 14.1. The summed E-state index contributed by atoms with van der Waals surface area (Å²) in [6.07, 6.45) is 0. The molecule has 0 unspecified atom stereocenters. The molecule has 0 atom stereocenters. The van der Waals surface area contributed by atoms with Crippen LogP contribution in [0.2, 0.25) is 5.02 Å².